The average molecular weight is 428 g/mol. The summed E-state index contributed by atoms with van der Waals surface area (Å²) in [4.78, 5) is 34.3. The van der Waals surface area contributed by atoms with Gasteiger partial charge in [0.2, 0.25) is 0 Å². The number of nitrogens with zero attached hydrogens (tertiary/aromatic N) is 4. The SMILES string of the molecule is Nc1cc(Oc2ccc(NC(=O)c3c4n(n(-c5ccccc5)c3=O)CCC4)nc2)ccn1. The minimum Gasteiger partial charge on any atom is -0.456 e. The highest BCUT2D eigenvalue weighted by molar-refractivity contribution is 6.04. The van der Waals surface area contributed by atoms with Crippen LogP contribution in [0, 0.1) is 0 Å². The molecule has 9 heteroatoms. The zero-order chi connectivity index (χ0) is 22.1. The number of nitrogens with one attached hydrogen (secondary N) is 1. The second-order valence-corrected chi connectivity index (χ2v) is 7.35. The van der Waals surface area contributed by atoms with Gasteiger partial charge >= 0.3 is 0 Å². The topological polar surface area (TPSA) is 117 Å². The lowest BCUT2D eigenvalue weighted by atomic mass is 10.2. The number of nitrogens with two attached hydrogens (primary N) is 1. The van der Waals surface area contributed by atoms with Gasteiger partial charge in [0.25, 0.3) is 11.5 Å². The number of para-hydroxylation sites is 1. The van der Waals surface area contributed by atoms with E-state index in [4.69, 9.17) is 10.5 Å². The molecule has 1 aliphatic heterocycles. The Labute approximate surface area is 183 Å². The van der Waals surface area contributed by atoms with Gasteiger partial charge in [-0.15, -0.1) is 0 Å². The summed E-state index contributed by atoms with van der Waals surface area (Å²) in [6, 6.07) is 15.9. The average Bonchev–Trinajstić information content (AvgIpc) is 3.35. The number of carbonyl (C=O) groups excluding carboxylic acids is 1. The number of ether oxygens (including phenoxy) is 1. The molecule has 4 aromatic rings. The van der Waals surface area contributed by atoms with E-state index in [2.05, 4.69) is 15.3 Å². The number of fused-ring (bicyclic) bond motifs is 1. The van der Waals surface area contributed by atoms with Crippen molar-refractivity contribution in [1.29, 1.82) is 0 Å². The smallest absolute Gasteiger partial charge is 0.284 e. The van der Waals surface area contributed by atoms with Gasteiger partial charge in [-0.3, -0.25) is 14.3 Å². The van der Waals surface area contributed by atoms with Crippen LogP contribution in [0.25, 0.3) is 5.69 Å². The van der Waals surface area contributed by atoms with Gasteiger partial charge in [-0.2, -0.15) is 0 Å². The minimum absolute atomic E-state index is 0.153. The Morgan fingerprint density at radius 2 is 1.91 bits per heavy atom. The fourth-order valence-electron chi connectivity index (χ4n) is 3.85. The highest BCUT2D eigenvalue weighted by atomic mass is 16.5. The number of amides is 1. The van der Waals surface area contributed by atoms with Crippen LogP contribution in [0.5, 0.6) is 11.5 Å². The molecular weight excluding hydrogens is 408 g/mol. The standard InChI is InChI=1S/C23H20N6O3/c24-19-13-16(10-11-25-19)32-17-8-9-20(26-14-17)27-22(30)21-18-7-4-12-28(18)29(23(21)31)15-5-2-1-3-6-15/h1-3,5-6,8-11,13-14H,4,7,12H2,(H2,24,25)(H,26,27,30). The molecule has 1 aliphatic rings. The van der Waals surface area contributed by atoms with E-state index in [9.17, 15) is 9.59 Å². The Morgan fingerprint density at radius 3 is 2.66 bits per heavy atom. The summed E-state index contributed by atoms with van der Waals surface area (Å²) in [6.45, 7) is 0.691. The predicted molar refractivity (Wildman–Crippen MR) is 119 cm³/mol. The van der Waals surface area contributed by atoms with Crippen LogP contribution in [0.4, 0.5) is 11.6 Å². The van der Waals surface area contributed by atoms with Crippen LogP contribution in [-0.4, -0.2) is 25.2 Å². The molecule has 0 saturated carbocycles. The van der Waals surface area contributed by atoms with E-state index in [1.165, 1.54) is 6.20 Å². The second kappa shape index (κ2) is 8.03. The van der Waals surface area contributed by atoms with Crippen molar-refractivity contribution < 1.29 is 9.53 Å². The van der Waals surface area contributed by atoms with Crippen LogP contribution in [-0.2, 0) is 13.0 Å². The third kappa shape index (κ3) is 3.60. The van der Waals surface area contributed by atoms with Crippen molar-refractivity contribution in [1.82, 2.24) is 19.3 Å². The quantitative estimate of drug-likeness (QED) is 0.505. The maximum atomic E-state index is 13.1. The van der Waals surface area contributed by atoms with Crippen LogP contribution < -0.4 is 21.3 Å². The van der Waals surface area contributed by atoms with Gasteiger partial charge in [0, 0.05) is 18.8 Å². The highest BCUT2D eigenvalue weighted by Gasteiger charge is 2.28. The number of hydrogen-bond acceptors (Lipinski definition) is 6. The molecule has 3 N–H and O–H groups in total. The first-order chi connectivity index (χ1) is 15.6. The molecule has 32 heavy (non-hydrogen) atoms. The predicted octanol–water partition coefficient (Wildman–Crippen LogP) is 3.00. The second-order valence-electron chi connectivity index (χ2n) is 7.35. The molecule has 0 fully saturated rings. The molecule has 0 atom stereocenters. The lowest BCUT2D eigenvalue weighted by molar-refractivity contribution is 0.102. The van der Waals surface area contributed by atoms with Crippen molar-refractivity contribution in [3.8, 4) is 17.2 Å². The number of anilines is 2. The van der Waals surface area contributed by atoms with E-state index in [1.54, 1.807) is 35.1 Å². The summed E-state index contributed by atoms with van der Waals surface area (Å²) in [6.07, 6.45) is 4.59. The molecular formula is C23H20N6O3. The molecule has 0 unspecified atom stereocenters. The Hall–Kier alpha value is -4.40. The molecule has 0 bridgehead atoms. The molecule has 3 aromatic heterocycles. The first kappa shape index (κ1) is 19.6. The van der Waals surface area contributed by atoms with Crippen LogP contribution in [0.15, 0.2) is 71.8 Å². The number of benzene rings is 1. The van der Waals surface area contributed by atoms with Gasteiger partial charge < -0.3 is 15.8 Å². The van der Waals surface area contributed by atoms with E-state index in [-0.39, 0.29) is 11.1 Å². The Morgan fingerprint density at radius 1 is 1.06 bits per heavy atom. The monoisotopic (exact) mass is 428 g/mol. The molecule has 0 saturated heterocycles. The Bertz CT molecular complexity index is 1340. The van der Waals surface area contributed by atoms with Gasteiger partial charge in [0.05, 0.1) is 17.6 Å². The first-order valence-electron chi connectivity index (χ1n) is 10.2. The summed E-state index contributed by atoms with van der Waals surface area (Å²) in [7, 11) is 0. The van der Waals surface area contributed by atoms with Gasteiger partial charge in [0.15, 0.2) is 0 Å². The number of hydrogen-bond donors (Lipinski definition) is 2. The number of carbonyl (C=O) groups is 1. The lowest BCUT2D eigenvalue weighted by Gasteiger charge is -2.08. The summed E-state index contributed by atoms with van der Waals surface area (Å²) >= 11 is 0. The molecule has 1 amide bonds. The molecule has 0 spiro atoms. The lowest BCUT2D eigenvalue weighted by Crippen LogP contribution is -2.26. The van der Waals surface area contributed by atoms with E-state index in [0.29, 0.717) is 36.1 Å². The molecule has 0 radical (unpaired) electrons. The van der Waals surface area contributed by atoms with Crippen molar-refractivity contribution in [3.05, 3.63) is 88.6 Å². The van der Waals surface area contributed by atoms with Crippen LogP contribution >= 0.6 is 0 Å². The fraction of sp³-hybridized carbons (Fsp3) is 0.130. The first-order valence-corrected chi connectivity index (χ1v) is 10.2. The Kier molecular flexibility index (Phi) is 4.91. The molecule has 160 valence electrons. The highest BCUT2D eigenvalue weighted by Crippen LogP contribution is 2.23. The van der Waals surface area contributed by atoms with Crippen LogP contribution in [0.3, 0.4) is 0 Å². The molecule has 5 rings (SSSR count). The number of aromatic nitrogens is 4. The van der Waals surface area contributed by atoms with E-state index < -0.39 is 5.91 Å². The van der Waals surface area contributed by atoms with Crippen LogP contribution in [0.2, 0.25) is 0 Å². The number of rotatable bonds is 5. The Balaban J connectivity index is 1.38. The van der Waals surface area contributed by atoms with Gasteiger partial charge in [-0.05, 0) is 43.2 Å². The molecule has 9 nitrogen and oxygen atoms in total. The largest absolute Gasteiger partial charge is 0.456 e. The zero-order valence-corrected chi connectivity index (χ0v) is 17.1. The van der Waals surface area contributed by atoms with E-state index in [1.807, 2.05) is 35.0 Å². The minimum atomic E-state index is -0.474. The fourth-order valence-corrected chi connectivity index (χ4v) is 3.85. The molecule has 0 aliphatic carbocycles. The number of nitrogen functional groups attached to an aromatic ring is 1. The van der Waals surface area contributed by atoms with Crippen LogP contribution in [0.1, 0.15) is 22.5 Å². The summed E-state index contributed by atoms with van der Waals surface area (Å²) in [5.74, 6) is 1.20. The zero-order valence-electron chi connectivity index (χ0n) is 17.1. The van der Waals surface area contributed by atoms with E-state index in [0.717, 1.165) is 17.8 Å². The molecule has 4 heterocycles. The van der Waals surface area contributed by atoms with Gasteiger partial charge in [-0.1, -0.05) is 18.2 Å². The number of pyridine rings is 2. The maximum absolute atomic E-state index is 13.1. The van der Waals surface area contributed by atoms with Crippen molar-refractivity contribution in [3.63, 3.8) is 0 Å². The van der Waals surface area contributed by atoms with E-state index >= 15 is 0 Å². The van der Waals surface area contributed by atoms with Crippen molar-refractivity contribution >= 4 is 17.5 Å². The maximum Gasteiger partial charge on any atom is 0.284 e. The van der Waals surface area contributed by atoms with Crippen molar-refractivity contribution in [2.24, 2.45) is 0 Å². The van der Waals surface area contributed by atoms with Gasteiger partial charge in [-0.25, -0.2) is 14.6 Å². The molecule has 1 aromatic carbocycles. The van der Waals surface area contributed by atoms with Crippen molar-refractivity contribution in [2.75, 3.05) is 11.1 Å². The third-order valence-corrected chi connectivity index (χ3v) is 5.23. The third-order valence-electron chi connectivity index (χ3n) is 5.23. The summed E-state index contributed by atoms with van der Waals surface area (Å²) in [5.41, 5.74) is 6.95. The summed E-state index contributed by atoms with van der Waals surface area (Å²) in [5, 5.41) is 2.73. The van der Waals surface area contributed by atoms with Crippen molar-refractivity contribution in [2.45, 2.75) is 19.4 Å². The van der Waals surface area contributed by atoms with Gasteiger partial charge in [0.1, 0.15) is 28.7 Å². The normalized spacial score (nSPS) is 12.4. The summed E-state index contributed by atoms with van der Waals surface area (Å²) < 4.78 is 9.14.